The molecule has 0 aromatic heterocycles. The molecule has 0 atom stereocenters. The molecule has 3 saturated heterocycles. The summed E-state index contributed by atoms with van der Waals surface area (Å²) < 4.78 is 6.26. The standard InChI is InChI=1S/C19H32N2O3/c1-4-16(22)18-5-7-19(8-6-18,24-14-18)13-20-9-11-21(12-10-20)17(23)15(2)3/h15H,4-14H2,1-3H3. The summed E-state index contributed by atoms with van der Waals surface area (Å²) in [4.78, 5) is 28.8. The van der Waals surface area contributed by atoms with Gasteiger partial charge in [-0.25, -0.2) is 0 Å². The fraction of sp³-hybridized carbons (Fsp3) is 0.895. The highest BCUT2D eigenvalue weighted by Crippen LogP contribution is 2.50. The van der Waals surface area contributed by atoms with E-state index in [0.29, 0.717) is 18.8 Å². The molecule has 0 aromatic carbocycles. The van der Waals surface area contributed by atoms with Crippen LogP contribution in [-0.2, 0) is 14.3 Å². The molecule has 4 rings (SSSR count). The number of rotatable bonds is 5. The topological polar surface area (TPSA) is 49.9 Å². The number of amides is 1. The molecule has 0 radical (unpaired) electrons. The third kappa shape index (κ3) is 3.25. The average molecular weight is 336 g/mol. The summed E-state index contributed by atoms with van der Waals surface area (Å²) >= 11 is 0. The highest BCUT2D eigenvalue weighted by atomic mass is 16.5. The lowest BCUT2D eigenvalue weighted by Crippen LogP contribution is -2.60. The number of carbonyl (C=O) groups is 2. The molecule has 3 aliphatic heterocycles. The predicted molar refractivity (Wildman–Crippen MR) is 92.7 cm³/mol. The van der Waals surface area contributed by atoms with Gasteiger partial charge in [-0.1, -0.05) is 20.8 Å². The number of ketones is 1. The fourth-order valence-corrected chi connectivity index (χ4v) is 4.60. The van der Waals surface area contributed by atoms with Gasteiger partial charge in [-0.2, -0.15) is 0 Å². The minimum absolute atomic E-state index is 0.0556. The summed E-state index contributed by atoms with van der Waals surface area (Å²) in [6.45, 7) is 11.0. The van der Waals surface area contributed by atoms with Crippen LogP contribution in [0.25, 0.3) is 0 Å². The van der Waals surface area contributed by atoms with Crippen molar-refractivity contribution in [3.63, 3.8) is 0 Å². The van der Waals surface area contributed by atoms with Gasteiger partial charge in [0.05, 0.1) is 17.6 Å². The average Bonchev–Trinajstić information content (AvgIpc) is 2.62. The summed E-state index contributed by atoms with van der Waals surface area (Å²) in [7, 11) is 0. The molecule has 5 heteroatoms. The first-order chi connectivity index (χ1) is 11.4. The van der Waals surface area contributed by atoms with E-state index in [4.69, 9.17) is 4.74 Å². The summed E-state index contributed by atoms with van der Waals surface area (Å²) in [5.41, 5.74) is -0.237. The molecule has 4 fully saturated rings. The van der Waals surface area contributed by atoms with Crippen LogP contribution in [0.4, 0.5) is 0 Å². The molecular formula is C19H32N2O3. The summed E-state index contributed by atoms with van der Waals surface area (Å²) in [6, 6.07) is 0. The maximum absolute atomic E-state index is 12.3. The Hall–Kier alpha value is -0.940. The first-order valence-electron chi connectivity index (χ1n) is 9.58. The van der Waals surface area contributed by atoms with E-state index in [9.17, 15) is 9.59 Å². The van der Waals surface area contributed by atoms with Gasteiger partial charge < -0.3 is 9.64 Å². The minimum Gasteiger partial charge on any atom is -0.373 e. The second-order valence-corrected chi connectivity index (χ2v) is 8.28. The van der Waals surface area contributed by atoms with Crippen molar-refractivity contribution in [2.45, 2.75) is 58.5 Å². The molecule has 2 bridgehead atoms. The van der Waals surface area contributed by atoms with Crippen LogP contribution in [-0.4, -0.2) is 66.4 Å². The molecule has 1 saturated carbocycles. The second kappa shape index (κ2) is 6.75. The molecule has 0 N–H and O–H groups in total. The van der Waals surface area contributed by atoms with E-state index in [1.807, 2.05) is 25.7 Å². The Kier molecular flexibility index (Phi) is 5.03. The van der Waals surface area contributed by atoms with E-state index >= 15 is 0 Å². The van der Waals surface area contributed by atoms with Crippen molar-refractivity contribution < 1.29 is 14.3 Å². The number of nitrogens with zero attached hydrogens (tertiary/aromatic N) is 2. The van der Waals surface area contributed by atoms with Crippen LogP contribution >= 0.6 is 0 Å². The fourth-order valence-electron chi connectivity index (χ4n) is 4.60. The number of carbonyl (C=O) groups excluding carboxylic acids is 2. The molecule has 24 heavy (non-hydrogen) atoms. The molecule has 0 unspecified atom stereocenters. The van der Waals surface area contributed by atoms with E-state index in [0.717, 1.165) is 58.4 Å². The van der Waals surface area contributed by atoms with Crippen LogP contribution in [0.3, 0.4) is 0 Å². The molecule has 4 aliphatic rings. The quantitative estimate of drug-likeness (QED) is 0.771. The molecule has 0 spiro atoms. The maximum atomic E-state index is 12.3. The van der Waals surface area contributed by atoms with E-state index < -0.39 is 0 Å². The summed E-state index contributed by atoms with van der Waals surface area (Å²) in [6.07, 6.45) is 4.62. The molecule has 3 heterocycles. The van der Waals surface area contributed by atoms with Crippen molar-refractivity contribution in [1.82, 2.24) is 9.80 Å². The Labute approximate surface area is 145 Å². The summed E-state index contributed by atoms with van der Waals surface area (Å²) in [5.74, 6) is 0.735. The first-order valence-corrected chi connectivity index (χ1v) is 9.58. The van der Waals surface area contributed by atoms with Gasteiger partial charge in [0.2, 0.25) is 5.91 Å². The lowest BCUT2D eigenvalue weighted by Gasteiger charge is -2.54. The zero-order valence-corrected chi connectivity index (χ0v) is 15.5. The molecule has 1 aliphatic carbocycles. The van der Waals surface area contributed by atoms with Gasteiger partial charge in [0.15, 0.2) is 0 Å². The molecule has 1 amide bonds. The van der Waals surface area contributed by atoms with E-state index in [-0.39, 0.29) is 22.8 Å². The number of hydrogen-bond donors (Lipinski definition) is 0. The highest BCUT2D eigenvalue weighted by molar-refractivity contribution is 5.85. The summed E-state index contributed by atoms with van der Waals surface area (Å²) in [5, 5.41) is 0. The first kappa shape index (κ1) is 17.9. The van der Waals surface area contributed by atoms with Gasteiger partial charge >= 0.3 is 0 Å². The van der Waals surface area contributed by atoms with Crippen molar-refractivity contribution in [3.05, 3.63) is 0 Å². The Bertz CT molecular complexity index is 470. The lowest BCUT2D eigenvalue weighted by molar-refractivity contribution is -0.195. The third-order valence-electron chi connectivity index (χ3n) is 6.38. The van der Waals surface area contributed by atoms with Gasteiger partial charge in [0.1, 0.15) is 5.78 Å². The van der Waals surface area contributed by atoms with Crippen LogP contribution in [0.15, 0.2) is 0 Å². The van der Waals surface area contributed by atoms with Crippen LogP contribution in [0.5, 0.6) is 0 Å². The SMILES string of the molecule is CCC(=O)C12CCC(CN3CCN(C(=O)C(C)C)CC3)(CC1)OC2. The van der Waals surface area contributed by atoms with Crippen molar-refractivity contribution in [3.8, 4) is 0 Å². The monoisotopic (exact) mass is 336 g/mol. The van der Waals surface area contributed by atoms with Gasteiger partial charge in [-0.05, 0) is 25.7 Å². The van der Waals surface area contributed by atoms with Crippen LogP contribution in [0.2, 0.25) is 0 Å². The number of Topliss-reactive ketones (excluding diaryl/α,β-unsaturated/α-hetero) is 1. The number of piperazine rings is 1. The van der Waals surface area contributed by atoms with Gasteiger partial charge in [0.25, 0.3) is 0 Å². The van der Waals surface area contributed by atoms with Crippen molar-refractivity contribution >= 4 is 11.7 Å². The number of hydrogen-bond acceptors (Lipinski definition) is 4. The van der Waals surface area contributed by atoms with Crippen molar-refractivity contribution in [1.29, 1.82) is 0 Å². The third-order valence-corrected chi connectivity index (χ3v) is 6.38. The highest BCUT2D eigenvalue weighted by Gasteiger charge is 2.53. The van der Waals surface area contributed by atoms with Crippen molar-refractivity contribution in [2.24, 2.45) is 11.3 Å². The zero-order valence-electron chi connectivity index (χ0n) is 15.5. The van der Waals surface area contributed by atoms with Gasteiger partial charge in [0, 0.05) is 45.1 Å². The second-order valence-electron chi connectivity index (χ2n) is 8.28. The Morgan fingerprint density at radius 2 is 1.67 bits per heavy atom. The van der Waals surface area contributed by atoms with Crippen LogP contribution < -0.4 is 0 Å². The normalized spacial score (nSPS) is 33.9. The van der Waals surface area contributed by atoms with Gasteiger partial charge in [-0.3, -0.25) is 14.5 Å². The van der Waals surface area contributed by atoms with E-state index in [1.54, 1.807) is 0 Å². The Morgan fingerprint density at radius 1 is 1.04 bits per heavy atom. The largest absolute Gasteiger partial charge is 0.373 e. The predicted octanol–water partition coefficient (Wildman–Crippen LogP) is 2.10. The smallest absolute Gasteiger partial charge is 0.225 e. The van der Waals surface area contributed by atoms with E-state index in [2.05, 4.69) is 4.90 Å². The minimum atomic E-state index is -0.182. The molecule has 136 valence electrons. The molecule has 5 nitrogen and oxygen atoms in total. The van der Waals surface area contributed by atoms with Crippen LogP contribution in [0.1, 0.15) is 52.9 Å². The van der Waals surface area contributed by atoms with Crippen LogP contribution in [0, 0.1) is 11.3 Å². The van der Waals surface area contributed by atoms with Crippen molar-refractivity contribution in [2.75, 3.05) is 39.3 Å². The Balaban J connectivity index is 1.52. The van der Waals surface area contributed by atoms with Gasteiger partial charge in [-0.15, -0.1) is 0 Å². The molecular weight excluding hydrogens is 304 g/mol. The lowest BCUT2D eigenvalue weighted by atomic mass is 9.63. The zero-order chi connectivity index (χ0) is 17.4. The number of fused-ring (bicyclic) bond motifs is 3. The Morgan fingerprint density at radius 3 is 2.12 bits per heavy atom. The van der Waals surface area contributed by atoms with E-state index in [1.165, 1.54) is 0 Å². The maximum Gasteiger partial charge on any atom is 0.225 e. The number of ether oxygens (including phenoxy) is 1. The molecule has 0 aromatic rings.